The van der Waals surface area contributed by atoms with Gasteiger partial charge >= 0.3 is 0 Å². The molecule has 0 bridgehead atoms. The maximum Gasteiger partial charge on any atom is 0.0635 e. The van der Waals surface area contributed by atoms with Crippen LogP contribution in [0.5, 0.6) is 0 Å². The van der Waals surface area contributed by atoms with Gasteiger partial charge in [0.1, 0.15) is 0 Å². The molecule has 18 heavy (non-hydrogen) atoms. The van der Waals surface area contributed by atoms with Crippen LogP contribution in [0.15, 0.2) is 12.4 Å². The van der Waals surface area contributed by atoms with E-state index < -0.39 is 0 Å². The van der Waals surface area contributed by atoms with Crippen molar-refractivity contribution in [3.63, 3.8) is 0 Å². The van der Waals surface area contributed by atoms with E-state index in [0.29, 0.717) is 18.9 Å². The molecule has 1 aromatic rings. The maximum absolute atomic E-state index is 8.75. The lowest BCUT2D eigenvalue weighted by molar-refractivity contribution is 0.183. The van der Waals surface area contributed by atoms with Gasteiger partial charge in [0.05, 0.1) is 18.3 Å². The first kappa shape index (κ1) is 14.7. The summed E-state index contributed by atoms with van der Waals surface area (Å²) in [5.74, 6) is 0.550. The van der Waals surface area contributed by atoms with Crippen LogP contribution in [0.1, 0.15) is 31.9 Å². The average molecular weight is 249 g/mol. The smallest absolute Gasteiger partial charge is 0.0635 e. The van der Waals surface area contributed by atoms with E-state index in [9.17, 15) is 0 Å². The lowest BCUT2D eigenvalue weighted by atomic mass is 10.1. The van der Waals surface area contributed by atoms with Gasteiger partial charge in [-0.3, -0.25) is 9.58 Å². The van der Waals surface area contributed by atoms with Crippen LogP contribution in [-0.4, -0.2) is 34.3 Å². The van der Waals surface area contributed by atoms with Gasteiger partial charge in [0.15, 0.2) is 0 Å². The molecule has 1 rings (SSSR count). The third-order valence-electron chi connectivity index (χ3n) is 2.88. The van der Waals surface area contributed by atoms with E-state index in [4.69, 9.17) is 11.0 Å². The number of aromatic nitrogens is 2. The lowest BCUT2D eigenvalue weighted by Crippen LogP contribution is -2.36. The Labute approximate surface area is 109 Å². The van der Waals surface area contributed by atoms with Crippen LogP contribution in [0.2, 0.25) is 0 Å². The van der Waals surface area contributed by atoms with Crippen molar-refractivity contribution < 1.29 is 0 Å². The summed E-state index contributed by atoms with van der Waals surface area (Å²) in [5.41, 5.74) is 7.02. The highest BCUT2D eigenvalue weighted by atomic mass is 15.3. The predicted octanol–water partition coefficient (Wildman–Crippen LogP) is 1.29. The monoisotopic (exact) mass is 249 g/mol. The van der Waals surface area contributed by atoms with Gasteiger partial charge in [0, 0.05) is 44.9 Å². The van der Waals surface area contributed by atoms with Crippen LogP contribution >= 0.6 is 0 Å². The molecule has 0 saturated heterocycles. The number of aryl methyl sites for hydroxylation is 1. The van der Waals surface area contributed by atoms with Crippen molar-refractivity contribution >= 4 is 0 Å². The third-order valence-corrected chi connectivity index (χ3v) is 2.88. The lowest BCUT2D eigenvalue weighted by Gasteiger charge is -2.31. The molecule has 0 aliphatic heterocycles. The van der Waals surface area contributed by atoms with Crippen molar-refractivity contribution in [1.29, 1.82) is 5.26 Å². The zero-order valence-corrected chi connectivity index (χ0v) is 11.5. The van der Waals surface area contributed by atoms with Crippen molar-refractivity contribution in [3.8, 4) is 6.07 Å². The number of nitrogens with zero attached hydrogens (tertiary/aromatic N) is 4. The standard InChI is InChI=1S/C13H23N5/c1-11(2)9-18(6-4-5-14)13(7-15)12-8-16-17(3)10-12/h8,10-11,13H,4,6-7,9,15H2,1-3H3. The summed E-state index contributed by atoms with van der Waals surface area (Å²) in [7, 11) is 1.90. The van der Waals surface area contributed by atoms with Gasteiger partial charge in [0.2, 0.25) is 0 Å². The molecule has 0 aliphatic carbocycles. The van der Waals surface area contributed by atoms with Gasteiger partial charge in [-0.15, -0.1) is 0 Å². The first-order chi connectivity index (χ1) is 8.58. The van der Waals surface area contributed by atoms with E-state index in [-0.39, 0.29) is 6.04 Å². The van der Waals surface area contributed by atoms with E-state index in [1.807, 2.05) is 19.4 Å². The first-order valence-electron chi connectivity index (χ1n) is 6.38. The van der Waals surface area contributed by atoms with Crippen LogP contribution in [0.25, 0.3) is 0 Å². The minimum absolute atomic E-state index is 0.148. The molecule has 1 unspecified atom stereocenters. The Bertz CT molecular complexity index is 390. The van der Waals surface area contributed by atoms with E-state index in [1.165, 1.54) is 0 Å². The molecule has 1 atom stereocenters. The highest BCUT2D eigenvalue weighted by Crippen LogP contribution is 2.20. The molecular formula is C13H23N5. The number of hydrogen-bond acceptors (Lipinski definition) is 4. The Morgan fingerprint density at radius 1 is 1.56 bits per heavy atom. The molecule has 0 fully saturated rings. The largest absolute Gasteiger partial charge is 0.329 e. The van der Waals surface area contributed by atoms with E-state index in [1.54, 1.807) is 4.68 Å². The zero-order chi connectivity index (χ0) is 13.5. The Kier molecular flexibility index (Phi) is 5.83. The molecule has 0 saturated carbocycles. The summed E-state index contributed by atoms with van der Waals surface area (Å²) in [4.78, 5) is 2.28. The molecule has 5 nitrogen and oxygen atoms in total. The zero-order valence-electron chi connectivity index (χ0n) is 11.5. The summed E-state index contributed by atoms with van der Waals surface area (Å²) >= 11 is 0. The molecular weight excluding hydrogens is 226 g/mol. The Hall–Kier alpha value is -1.38. The Morgan fingerprint density at radius 2 is 2.28 bits per heavy atom. The molecule has 0 aromatic carbocycles. The van der Waals surface area contributed by atoms with Crippen molar-refractivity contribution in [2.45, 2.75) is 26.3 Å². The molecule has 0 radical (unpaired) electrons. The van der Waals surface area contributed by atoms with Crippen molar-refractivity contribution in [2.75, 3.05) is 19.6 Å². The molecule has 1 aromatic heterocycles. The topological polar surface area (TPSA) is 70.9 Å². The SMILES string of the molecule is CC(C)CN(CCC#N)C(CN)c1cnn(C)c1. The Morgan fingerprint density at radius 3 is 2.72 bits per heavy atom. The molecule has 0 spiro atoms. The molecule has 100 valence electrons. The minimum Gasteiger partial charge on any atom is -0.329 e. The summed E-state index contributed by atoms with van der Waals surface area (Å²) < 4.78 is 1.79. The van der Waals surface area contributed by atoms with Gasteiger partial charge in [0.25, 0.3) is 0 Å². The summed E-state index contributed by atoms with van der Waals surface area (Å²) in [6.45, 7) is 6.60. The van der Waals surface area contributed by atoms with E-state index in [2.05, 4.69) is 29.9 Å². The molecule has 1 heterocycles. The van der Waals surface area contributed by atoms with Gasteiger partial charge in [-0.2, -0.15) is 10.4 Å². The fourth-order valence-electron chi connectivity index (χ4n) is 2.15. The fraction of sp³-hybridized carbons (Fsp3) is 0.692. The van der Waals surface area contributed by atoms with Crippen LogP contribution in [0, 0.1) is 17.2 Å². The molecule has 0 amide bonds. The first-order valence-corrected chi connectivity index (χ1v) is 6.38. The summed E-state index contributed by atoms with van der Waals surface area (Å²) in [6, 6.07) is 2.35. The van der Waals surface area contributed by atoms with Gasteiger partial charge in [-0.1, -0.05) is 13.8 Å². The number of nitriles is 1. The Balaban J connectivity index is 2.82. The van der Waals surface area contributed by atoms with Gasteiger partial charge < -0.3 is 5.73 Å². The second kappa shape index (κ2) is 7.14. The third kappa shape index (κ3) is 4.13. The van der Waals surface area contributed by atoms with Crippen molar-refractivity contribution in [2.24, 2.45) is 18.7 Å². The molecule has 5 heteroatoms. The highest BCUT2D eigenvalue weighted by Gasteiger charge is 2.20. The minimum atomic E-state index is 0.148. The average Bonchev–Trinajstić information content (AvgIpc) is 2.72. The van der Waals surface area contributed by atoms with E-state index in [0.717, 1.165) is 18.7 Å². The summed E-state index contributed by atoms with van der Waals surface area (Å²) in [5, 5.41) is 13.0. The predicted molar refractivity (Wildman–Crippen MR) is 71.6 cm³/mol. The van der Waals surface area contributed by atoms with Gasteiger partial charge in [-0.25, -0.2) is 0 Å². The molecule has 2 N–H and O–H groups in total. The van der Waals surface area contributed by atoms with Crippen LogP contribution in [-0.2, 0) is 7.05 Å². The van der Waals surface area contributed by atoms with Crippen molar-refractivity contribution in [1.82, 2.24) is 14.7 Å². The summed E-state index contributed by atoms with van der Waals surface area (Å²) in [6.07, 6.45) is 4.39. The number of hydrogen-bond donors (Lipinski definition) is 1. The van der Waals surface area contributed by atoms with E-state index >= 15 is 0 Å². The van der Waals surface area contributed by atoms with Crippen LogP contribution < -0.4 is 5.73 Å². The maximum atomic E-state index is 8.75. The number of rotatable bonds is 7. The highest BCUT2D eigenvalue weighted by molar-refractivity contribution is 5.11. The van der Waals surface area contributed by atoms with Crippen LogP contribution in [0.3, 0.4) is 0 Å². The number of nitrogens with two attached hydrogens (primary N) is 1. The normalized spacial score (nSPS) is 12.9. The van der Waals surface area contributed by atoms with Crippen LogP contribution in [0.4, 0.5) is 0 Å². The second-order valence-electron chi connectivity index (χ2n) is 5.00. The van der Waals surface area contributed by atoms with Gasteiger partial charge in [-0.05, 0) is 5.92 Å². The fourth-order valence-corrected chi connectivity index (χ4v) is 2.15. The molecule has 0 aliphatic rings. The van der Waals surface area contributed by atoms with Crippen molar-refractivity contribution in [3.05, 3.63) is 18.0 Å². The second-order valence-corrected chi connectivity index (χ2v) is 5.00. The quantitative estimate of drug-likeness (QED) is 0.790.